The van der Waals surface area contributed by atoms with Crippen molar-refractivity contribution in [3.05, 3.63) is 0 Å². The van der Waals surface area contributed by atoms with Crippen LogP contribution in [0.25, 0.3) is 0 Å². The molecule has 2 unspecified atom stereocenters. The number of carbonyl (C=O) groups is 1. The highest BCUT2D eigenvalue weighted by molar-refractivity contribution is 5.77. The van der Waals surface area contributed by atoms with Gasteiger partial charge in [-0.2, -0.15) is 0 Å². The van der Waals surface area contributed by atoms with Gasteiger partial charge in [0.1, 0.15) is 0 Å². The predicted octanol–water partition coefficient (Wildman–Crippen LogP) is 1.76. The molecular formula is C13H24N2O. The third kappa shape index (κ3) is 2.24. The number of hydrogen-bond donors (Lipinski definition) is 1. The lowest BCUT2D eigenvalue weighted by molar-refractivity contribution is -0.137. The summed E-state index contributed by atoms with van der Waals surface area (Å²) in [5.41, 5.74) is 5.75. The van der Waals surface area contributed by atoms with Gasteiger partial charge in [-0.05, 0) is 44.1 Å². The van der Waals surface area contributed by atoms with Crippen LogP contribution in [-0.2, 0) is 4.79 Å². The summed E-state index contributed by atoms with van der Waals surface area (Å²) in [5, 5.41) is 0. The summed E-state index contributed by atoms with van der Waals surface area (Å²) in [6.45, 7) is 5.03. The average molecular weight is 224 g/mol. The molecule has 2 fully saturated rings. The number of rotatable bonds is 3. The van der Waals surface area contributed by atoms with E-state index < -0.39 is 0 Å². The molecule has 0 saturated carbocycles. The number of nitrogens with two attached hydrogens (primary N) is 1. The molecule has 2 heterocycles. The van der Waals surface area contributed by atoms with E-state index in [9.17, 15) is 4.79 Å². The van der Waals surface area contributed by atoms with Gasteiger partial charge in [-0.1, -0.05) is 13.8 Å². The molecule has 2 aliphatic heterocycles. The molecule has 2 atom stereocenters. The molecule has 92 valence electrons. The van der Waals surface area contributed by atoms with Crippen molar-refractivity contribution in [2.45, 2.75) is 58.0 Å². The van der Waals surface area contributed by atoms with E-state index in [4.69, 9.17) is 5.73 Å². The molecule has 0 aromatic heterocycles. The van der Waals surface area contributed by atoms with Gasteiger partial charge in [-0.15, -0.1) is 0 Å². The van der Waals surface area contributed by atoms with E-state index in [1.165, 1.54) is 12.8 Å². The molecule has 0 aromatic rings. The van der Waals surface area contributed by atoms with E-state index >= 15 is 0 Å². The largest absolute Gasteiger partial charge is 0.337 e. The second-order valence-electron chi connectivity index (χ2n) is 5.86. The zero-order valence-electron chi connectivity index (χ0n) is 10.5. The van der Waals surface area contributed by atoms with Crippen molar-refractivity contribution in [2.24, 2.45) is 17.6 Å². The SMILES string of the molecule is CC(C)CC(=O)N1C2CCC1CC(CN)C2. The van der Waals surface area contributed by atoms with E-state index in [1.807, 2.05) is 0 Å². The van der Waals surface area contributed by atoms with Crippen LogP contribution >= 0.6 is 0 Å². The highest BCUT2D eigenvalue weighted by Crippen LogP contribution is 2.38. The van der Waals surface area contributed by atoms with E-state index in [1.54, 1.807) is 0 Å². The van der Waals surface area contributed by atoms with Crippen molar-refractivity contribution in [1.82, 2.24) is 4.90 Å². The Morgan fingerprint density at radius 2 is 1.88 bits per heavy atom. The maximum atomic E-state index is 12.2. The molecule has 0 aromatic carbocycles. The zero-order valence-corrected chi connectivity index (χ0v) is 10.5. The molecule has 3 nitrogen and oxygen atoms in total. The van der Waals surface area contributed by atoms with Crippen molar-refractivity contribution in [3.63, 3.8) is 0 Å². The Morgan fingerprint density at radius 3 is 2.31 bits per heavy atom. The average Bonchev–Trinajstić information content (AvgIpc) is 2.49. The summed E-state index contributed by atoms with van der Waals surface area (Å²) in [6, 6.07) is 0.997. The Hall–Kier alpha value is -0.570. The van der Waals surface area contributed by atoms with E-state index in [0.29, 0.717) is 36.2 Å². The van der Waals surface area contributed by atoms with Gasteiger partial charge in [-0.25, -0.2) is 0 Å². The van der Waals surface area contributed by atoms with Gasteiger partial charge in [0.25, 0.3) is 0 Å². The van der Waals surface area contributed by atoms with Crippen LogP contribution < -0.4 is 5.73 Å². The fraction of sp³-hybridized carbons (Fsp3) is 0.923. The molecule has 16 heavy (non-hydrogen) atoms. The number of nitrogens with zero attached hydrogens (tertiary/aromatic N) is 1. The summed E-state index contributed by atoms with van der Waals surface area (Å²) in [5.74, 6) is 1.50. The first-order valence-electron chi connectivity index (χ1n) is 6.63. The van der Waals surface area contributed by atoms with Gasteiger partial charge in [0, 0.05) is 18.5 Å². The van der Waals surface area contributed by atoms with Crippen molar-refractivity contribution in [2.75, 3.05) is 6.54 Å². The van der Waals surface area contributed by atoms with Crippen LogP contribution in [0.15, 0.2) is 0 Å². The minimum Gasteiger partial charge on any atom is -0.337 e. The number of carbonyl (C=O) groups excluding carboxylic acids is 1. The fourth-order valence-corrected chi connectivity index (χ4v) is 3.34. The quantitative estimate of drug-likeness (QED) is 0.794. The third-order valence-corrected chi connectivity index (χ3v) is 4.03. The summed E-state index contributed by atoms with van der Waals surface area (Å²) in [6.07, 6.45) is 5.38. The van der Waals surface area contributed by atoms with Crippen LogP contribution in [0.4, 0.5) is 0 Å². The molecule has 2 bridgehead atoms. The Kier molecular flexibility index (Phi) is 3.53. The maximum absolute atomic E-state index is 12.2. The van der Waals surface area contributed by atoms with Crippen molar-refractivity contribution in [3.8, 4) is 0 Å². The lowest BCUT2D eigenvalue weighted by Gasteiger charge is -2.39. The molecule has 2 saturated heterocycles. The minimum absolute atomic E-state index is 0.373. The standard InChI is InChI=1S/C13H24N2O/c1-9(2)5-13(16)15-11-3-4-12(15)7-10(6-11)8-14/h9-12H,3-8,14H2,1-2H3. The summed E-state index contributed by atoms with van der Waals surface area (Å²) >= 11 is 0. The van der Waals surface area contributed by atoms with Gasteiger partial charge in [0.15, 0.2) is 0 Å². The smallest absolute Gasteiger partial charge is 0.223 e. The molecule has 3 heteroatoms. The van der Waals surface area contributed by atoms with Gasteiger partial charge in [-0.3, -0.25) is 4.79 Å². The molecule has 0 spiro atoms. The van der Waals surface area contributed by atoms with E-state index in [-0.39, 0.29) is 0 Å². The summed E-state index contributed by atoms with van der Waals surface area (Å²) < 4.78 is 0. The highest BCUT2D eigenvalue weighted by atomic mass is 16.2. The van der Waals surface area contributed by atoms with Gasteiger partial charge < -0.3 is 10.6 Å². The lowest BCUT2D eigenvalue weighted by atomic mass is 9.90. The van der Waals surface area contributed by atoms with Gasteiger partial charge in [0.05, 0.1) is 0 Å². The second-order valence-corrected chi connectivity index (χ2v) is 5.86. The molecular weight excluding hydrogens is 200 g/mol. The van der Waals surface area contributed by atoms with Crippen LogP contribution in [0.2, 0.25) is 0 Å². The van der Waals surface area contributed by atoms with Gasteiger partial charge in [0.2, 0.25) is 5.91 Å². The van der Waals surface area contributed by atoms with Crippen LogP contribution in [0.3, 0.4) is 0 Å². The minimum atomic E-state index is 0.373. The predicted molar refractivity (Wildman–Crippen MR) is 64.9 cm³/mol. The monoisotopic (exact) mass is 224 g/mol. The number of hydrogen-bond acceptors (Lipinski definition) is 2. The van der Waals surface area contributed by atoms with Crippen molar-refractivity contribution >= 4 is 5.91 Å². The van der Waals surface area contributed by atoms with Gasteiger partial charge >= 0.3 is 0 Å². The summed E-state index contributed by atoms with van der Waals surface area (Å²) in [4.78, 5) is 14.3. The molecule has 0 radical (unpaired) electrons. The lowest BCUT2D eigenvalue weighted by Crippen LogP contribution is -2.48. The topological polar surface area (TPSA) is 46.3 Å². The first-order valence-corrected chi connectivity index (χ1v) is 6.63. The first-order chi connectivity index (χ1) is 7.61. The molecule has 2 aliphatic rings. The van der Waals surface area contributed by atoms with Crippen LogP contribution in [0.1, 0.15) is 46.0 Å². The summed E-state index contributed by atoms with van der Waals surface area (Å²) in [7, 11) is 0. The maximum Gasteiger partial charge on any atom is 0.223 e. The van der Waals surface area contributed by atoms with Crippen LogP contribution in [-0.4, -0.2) is 29.4 Å². The molecule has 1 amide bonds. The Labute approximate surface area is 98.4 Å². The Morgan fingerprint density at radius 1 is 1.31 bits per heavy atom. The van der Waals surface area contributed by atoms with Crippen molar-refractivity contribution < 1.29 is 4.79 Å². The molecule has 2 rings (SSSR count). The van der Waals surface area contributed by atoms with E-state index in [2.05, 4.69) is 18.7 Å². The number of piperidine rings is 1. The number of fused-ring (bicyclic) bond motifs is 2. The van der Waals surface area contributed by atoms with Crippen LogP contribution in [0, 0.1) is 11.8 Å². The third-order valence-electron chi connectivity index (χ3n) is 4.03. The highest BCUT2D eigenvalue weighted by Gasteiger charge is 2.42. The fourth-order valence-electron chi connectivity index (χ4n) is 3.34. The van der Waals surface area contributed by atoms with Crippen LogP contribution in [0.5, 0.6) is 0 Å². The second kappa shape index (κ2) is 4.74. The number of amides is 1. The van der Waals surface area contributed by atoms with Crippen molar-refractivity contribution in [1.29, 1.82) is 0 Å². The Bertz CT molecular complexity index is 251. The first kappa shape index (κ1) is 11.9. The zero-order chi connectivity index (χ0) is 11.7. The Balaban J connectivity index is 2.00. The van der Waals surface area contributed by atoms with E-state index in [0.717, 1.165) is 19.4 Å². The normalized spacial score (nSPS) is 33.5. The molecule has 0 aliphatic carbocycles. The molecule has 2 N–H and O–H groups in total.